The molecule has 2 heterocycles. The third kappa shape index (κ3) is 4.14. The molecule has 0 unspecified atom stereocenters. The number of carbonyl (C=O) groups is 1. The summed E-state index contributed by atoms with van der Waals surface area (Å²) in [6, 6.07) is 5.51. The number of benzene rings is 1. The summed E-state index contributed by atoms with van der Waals surface area (Å²) in [7, 11) is 0. The molecule has 2 aliphatic heterocycles. The summed E-state index contributed by atoms with van der Waals surface area (Å²) in [5, 5.41) is 6.69. The zero-order valence-electron chi connectivity index (χ0n) is 14.2. The monoisotopic (exact) mass is 351 g/mol. The van der Waals surface area contributed by atoms with Crippen LogP contribution in [0.5, 0.6) is 5.75 Å². The number of fused-ring (bicyclic) bond motifs is 1. The van der Waals surface area contributed by atoms with E-state index in [1.807, 2.05) is 18.2 Å². The van der Waals surface area contributed by atoms with Crippen molar-refractivity contribution >= 4 is 17.6 Å². The Balaban J connectivity index is 1.49. The number of hydrogen-bond donors (Lipinski definition) is 2. The van der Waals surface area contributed by atoms with Gasteiger partial charge in [-0.1, -0.05) is 30.7 Å². The topological polar surface area (TPSA) is 53.6 Å². The number of nitrogens with zero attached hydrogens (tertiary/aromatic N) is 1. The van der Waals surface area contributed by atoms with Crippen LogP contribution >= 0.6 is 11.6 Å². The summed E-state index contributed by atoms with van der Waals surface area (Å²) >= 11 is 6.17. The lowest BCUT2D eigenvalue weighted by Crippen LogP contribution is -2.41. The van der Waals surface area contributed by atoms with Crippen molar-refractivity contribution in [3.63, 3.8) is 0 Å². The summed E-state index contributed by atoms with van der Waals surface area (Å²) in [6.07, 6.45) is 3.11. The third-order valence-electron chi connectivity index (χ3n) is 4.79. The van der Waals surface area contributed by atoms with Crippen LogP contribution in [0, 0.1) is 5.92 Å². The van der Waals surface area contributed by atoms with Gasteiger partial charge in [-0.25, -0.2) is 4.79 Å². The molecule has 2 N–H and O–H groups in total. The Hall–Kier alpha value is -1.46. The highest BCUT2D eigenvalue weighted by molar-refractivity contribution is 6.32. The van der Waals surface area contributed by atoms with Crippen molar-refractivity contribution in [1.82, 2.24) is 15.5 Å². The summed E-state index contributed by atoms with van der Waals surface area (Å²) in [5.74, 6) is 1.25. The van der Waals surface area contributed by atoms with Crippen molar-refractivity contribution < 1.29 is 9.53 Å². The van der Waals surface area contributed by atoms with Gasteiger partial charge in [0.2, 0.25) is 0 Å². The minimum Gasteiger partial charge on any atom is -0.492 e. The van der Waals surface area contributed by atoms with E-state index < -0.39 is 0 Å². The van der Waals surface area contributed by atoms with Gasteiger partial charge in [-0.15, -0.1) is 0 Å². The minimum absolute atomic E-state index is 0.0485. The number of likely N-dealkylation sites (tertiary alicyclic amines) is 1. The van der Waals surface area contributed by atoms with E-state index >= 15 is 0 Å². The molecule has 6 heteroatoms. The second kappa shape index (κ2) is 8.08. The van der Waals surface area contributed by atoms with Crippen molar-refractivity contribution in [2.24, 2.45) is 5.92 Å². The molecule has 0 saturated carbocycles. The predicted octanol–water partition coefficient (Wildman–Crippen LogP) is 3.19. The van der Waals surface area contributed by atoms with Gasteiger partial charge in [0.05, 0.1) is 17.7 Å². The molecule has 2 amide bonds. The van der Waals surface area contributed by atoms with Crippen LogP contribution in [0.1, 0.15) is 37.8 Å². The Morgan fingerprint density at radius 3 is 3.12 bits per heavy atom. The Labute approximate surface area is 148 Å². The highest BCUT2D eigenvalue weighted by Crippen LogP contribution is 2.37. The SMILES string of the molecule is CCCN1CC[C@H](CNC(=O)N[C@H]2CCOc3c(Cl)cccc32)C1. The highest BCUT2D eigenvalue weighted by atomic mass is 35.5. The van der Waals surface area contributed by atoms with Gasteiger partial charge in [0.15, 0.2) is 0 Å². The van der Waals surface area contributed by atoms with E-state index in [2.05, 4.69) is 22.5 Å². The maximum absolute atomic E-state index is 12.3. The Bertz CT molecular complexity index is 581. The zero-order valence-corrected chi connectivity index (χ0v) is 14.9. The lowest BCUT2D eigenvalue weighted by Gasteiger charge is -2.27. The number of ether oxygens (including phenoxy) is 1. The van der Waals surface area contributed by atoms with Crippen LogP contribution < -0.4 is 15.4 Å². The number of amides is 2. The maximum atomic E-state index is 12.3. The van der Waals surface area contributed by atoms with Crippen molar-refractivity contribution in [1.29, 1.82) is 0 Å². The van der Waals surface area contributed by atoms with E-state index in [-0.39, 0.29) is 12.1 Å². The molecule has 1 aromatic carbocycles. The van der Waals surface area contributed by atoms with Crippen molar-refractivity contribution in [3.05, 3.63) is 28.8 Å². The number of hydrogen-bond acceptors (Lipinski definition) is 3. The van der Waals surface area contributed by atoms with Gasteiger partial charge in [-0.2, -0.15) is 0 Å². The molecule has 0 radical (unpaired) electrons. The van der Waals surface area contributed by atoms with Gasteiger partial charge in [0, 0.05) is 25.1 Å². The fourth-order valence-electron chi connectivity index (χ4n) is 3.58. The van der Waals surface area contributed by atoms with Crippen molar-refractivity contribution in [2.45, 2.75) is 32.2 Å². The van der Waals surface area contributed by atoms with Gasteiger partial charge in [0.1, 0.15) is 5.75 Å². The smallest absolute Gasteiger partial charge is 0.315 e. The lowest BCUT2D eigenvalue weighted by atomic mass is 10.0. The molecular weight excluding hydrogens is 326 g/mol. The second-order valence-corrected chi connectivity index (χ2v) is 7.06. The number of nitrogens with one attached hydrogen (secondary N) is 2. The number of urea groups is 1. The van der Waals surface area contributed by atoms with Crippen LogP contribution in [0.2, 0.25) is 5.02 Å². The highest BCUT2D eigenvalue weighted by Gasteiger charge is 2.26. The van der Waals surface area contributed by atoms with E-state index in [1.54, 1.807) is 0 Å². The predicted molar refractivity (Wildman–Crippen MR) is 95.7 cm³/mol. The number of carbonyl (C=O) groups excluding carboxylic acids is 1. The van der Waals surface area contributed by atoms with Crippen molar-refractivity contribution in [2.75, 3.05) is 32.8 Å². The second-order valence-electron chi connectivity index (χ2n) is 6.66. The fourth-order valence-corrected chi connectivity index (χ4v) is 3.82. The van der Waals surface area contributed by atoms with E-state index in [4.69, 9.17) is 16.3 Å². The van der Waals surface area contributed by atoms with E-state index in [0.29, 0.717) is 23.3 Å². The van der Waals surface area contributed by atoms with E-state index in [0.717, 1.165) is 44.6 Å². The molecule has 132 valence electrons. The molecule has 1 saturated heterocycles. The van der Waals surface area contributed by atoms with Gasteiger partial charge < -0.3 is 20.3 Å². The summed E-state index contributed by atoms with van der Waals surface area (Å²) < 4.78 is 5.63. The van der Waals surface area contributed by atoms with Crippen LogP contribution in [-0.2, 0) is 0 Å². The third-order valence-corrected chi connectivity index (χ3v) is 5.09. The summed E-state index contributed by atoms with van der Waals surface area (Å²) in [4.78, 5) is 14.7. The van der Waals surface area contributed by atoms with Crippen LogP contribution in [-0.4, -0.2) is 43.7 Å². The first-order chi connectivity index (χ1) is 11.7. The molecule has 1 aromatic rings. The fraction of sp³-hybridized carbons (Fsp3) is 0.611. The van der Waals surface area contributed by atoms with Crippen LogP contribution in [0.3, 0.4) is 0 Å². The molecular formula is C18H26ClN3O2. The Morgan fingerprint density at radius 2 is 2.29 bits per heavy atom. The number of halogens is 1. The molecule has 24 heavy (non-hydrogen) atoms. The van der Waals surface area contributed by atoms with Gasteiger partial charge in [-0.3, -0.25) is 0 Å². The molecule has 0 spiro atoms. The van der Waals surface area contributed by atoms with Gasteiger partial charge in [0.25, 0.3) is 0 Å². The van der Waals surface area contributed by atoms with Gasteiger partial charge in [-0.05, 0) is 37.9 Å². The Kier molecular flexibility index (Phi) is 5.85. The van der Waals surface area contributed by atoms with Crippen LogP contribution in [0.25, 0.3) is 0 Å². The molecule has 5 nitrogen and oxygen atoms in total. The standard InChI is InChI=1S/C18H26ClN3O2/c1-2-8-22-9-6-13(12-22)11-20-18(23)21-16-7-10-24-17-14(16)4-3-5-15(17)19/h3-5,13,16H,2,6-12H2,1H3,(H2,20,21,23)/t13-,16+/m1/s1. The normalized spacial score (nSPS) is 23.4. The molecule has 1 fully saturated rings. The summed E-state index contributed by atoms with van der Waals surface area (Å²) in [6.45, 7) is 6.89. The first-order valence-corrected chi connectivity index (χ1v) is 9.23. The lowest BCUT2D eigenvalue weighted by molar-refractivity contribution is 0.221. The van der Waals surface area contributed by atoms with Crippen molar-refractivity contribution in [3.8, 4) is 5.75 Å². The van der Waals surface area contributed by atoms with Crippen LogP contribution in [0.15, 0.2) is 18.2 Å². The maximum Gasteiger partial charge on any atom is 0.315 e. The molecule has 0 aromatic heterocycles. The number of para-hydroxylation sites is 1. The molecule has 2 atom stereocenters. The first kappa shape index (κ1) is 17.4. The number of rotatable bonds is 5. The summed E-state index contributed by atoms with van der Waals surface area (Å²) in [5.41, 5.74) is 0.957. The average Bonchev–Trinajstić information content (AvgIpc) is 3.02. The quantitative estimate of drug-likeness (QED) is 0.856. The largest absolute Gasteiger partial charge is 0.492 e. The van der Waals surface area contributed by atoms with E-state index in [1.165, 1.54) is 6.42 Å². The average molecular weight is 352 g/mol. The molecule has 2 aliphatic rings. The van der Waals surface area contributed by atoms with Gasteiger partial charge >= 0.3 is 6.03 Å². The molecule has 0 aliphatic carbocycles. The minimum atomic E-state index is -0.109. The molecule has 0 bridgehead atoms. The van der Waals surface area contributed by atoms with Crippen LogP contribution in [0.4, 0.5) is 4.79 Å². The molecule has 3 rings (SSSR count). The Morgan fingerprint density at radius 1 is 1.42 bits per heavy atom. The first-order valence-electron chi connectivity index (χ1n) is 8.85. The van der Waals surface area contributed by atoms with E-state index in [9.17, 15) is 4.79 Å². The zero-order chi connectivity index (χ0) is 16.9.